The number of non-ortho nitro benzene ring substituents is 1. The molecule has 2 aliphatic rings. The van der Waals surface area contributed by atoms with Gasteiger partial charge < -0.3 is 5.32 Å². The van der Waals surface area contributed by atoms with Crippen molar-refractivity contribution in [1.29, 1.82) is 0 Å². The van der Waals surface area contributed by atoms with E-state index in [9.17, 15) is 36.5 Å². The number of ketones is 2. The fourth-order valence-corrected chi connectivity index (χ4v) is 7.41. The number of carbonyl (C=O) groups excluding carboxylic acids is 2. The zero-order valence-corrected chi connectivity index (χ0v) is 27.2. The van der Waals surface area contributed by atoms with Crippen LogP contribution in [0.15, 0.2) is 76.0 Å². The van der Waals surface area contributed by atoms with Crippen LogP contribution in [0.4, 0.5) is 17.1 Å². The van der Waals surface area contributed by atoms with Crippen molar-refractivity contribution in [2.45, 2.75) is 50.6 Å². The Kier molecular flexibility index (Phi) is 8.38. The molecule has 15 heteroatoms. The van der Waals surface area contributed by atoms with Crippen molar-refractivity contribution in [3.05, 3.63) is 93.5 Å². The van der Waals surface area contributed by atoms with Gasteiger partial charge in [0.1, 0.15) is 22.2 Å². The van der Waals surface area contributed by atoms with Crippen LogP contribution in [-0.2, 0) is 36.9 Å². The maximum Gasteiger partial charge on any atom is 0.286 e. The highest BCUT2D eigenvalue weighted by Gasteiger charge is 2.54. The molecule has 0 fully saturated rings. The highest BCUT2D eigenvalue weighted by molar-refractivity contribution is 7.92. The van der Waals surface area contributed by atoms with E-state index in [0.717, 1.165) is 12.3 Å². The molecule has 2 unspecified atom stereocenters. The van der Waals surface area contributed by atoms with Crippen LogP contribution in [0.1, 0.15) is 55.1 Å². The zero-order chi connectivity index (χ0) is 33.7. The summed E-state index contributed by atoms with van der Waals surface area (Å²) in [5.41, 5.74) is -0.668. The van der Waals surface area contributed by atoms with E-state index in [1.807, 2.05) is 20.8 Å². The standard InChI is InChI=1S/C31H33N5O8S2/c1-30(2,3)14-15-31(32-18-19-8-7-9-21(16-19)36(39)40)23-11-6-5-10-22(23)27(37)26(28(31)38)29-33-24-13-12-20(34-45(4,41)42)17-25(24)46(43,44)35-29/h5-13,16-17,26,32,34H,14-15,18H2,1-4H3,(H,33,35). The molecular weight excluding hydrogens is 635 g/mol. The Labute approximate surface area is 266 Å². The molecule has 1 aliphatic carbocycles. The van der Waals surface area contributed by atoms with Gasteiger partial charge in [0.05, 0.1) is 16.9 Å². The molecule has 0 radical (unpaired) electrons. The Morgan fingerprint density at radius 2 is 1.76 bits per heavy atom. The number of amidine groups is 1. The molecule has 0 saturated heterocycles. The lowest BCUT2D eigenvalue weighted by Gasteiger charge is -2.43. The minimum Gasteiger partial charge on any atom is -0.341 e. The normalized spacial score (nSPS) is 20.6. The first-order chi connectivity index (χ1) is 21.4. The second-order valence-corrected chi connectivity index (χ2v) is 15.9. The van der Waals surface area contributed by atoms with E-state index in [1.165, 1.54) is 24.3 Å². The number of sulfonamides is 2. The number of rotatable bonds is 9. The van der Waals surface area contributed by atoms with Crippen LogP contribution in [0.5, 0.6) is 0 Å². The van der Waals surface area contributed by atoms with E-state index < -0.39 is 48.0 Å². The predicted molar refractivity (Wildman–Crippen MR) is 173 cm³/mol. The second-order valence-electron chi connectivity index (χ2n) is 12.6. The van der Waals surface area contributed by atoms with Crippen molar-refractivity contribution in [3.8, 4) is 0 Å². The van der Waals surface area contributed by atoms with Gasteiger partial charge in [-0.05, 0) is 47.6 Å². The van der Waals surface area contributed by atoms with Crippen molar-refractivity contribution >= 4 is 54.5 Å². The number of hydrogen-bond donors (Lipinski definition) is 3. The number of benzene rings is 3. The van der Waals surface area contributed by atoms with Gasteiger partial charge in [-0.15, -0.1) is 4.40 Å². The first-order valence-corrected chi connectivity index (χ1v) is 17.6. The number of hydrogen-bond acceptors (Lipinski definition) is 10. The van der Waals surface area contributed by atoms with Crippen LogP contribution in [0, 0.1) is 21.4 Å². The van der Waals surface area contributed by atoms with Gasteiger partial charge in [0.15, 0.2) is 11.6 Å². The summed E-state index contributed by atoms with van der Waals surface area (Å²) in [6.45, 7) is 6.05. The van der Waals surface area contributed by atoms with Gasteiger partial charge in [-0.1, -0.05) is 57.2 Å². The molecular formula is C31H33N5O8S2. The molecule has 46 heavy (non-hydrogen) atoms. The highest BCUT2D eigenvalue weighted by atomic mass is 32.2. The van der Waals surface area contributed by atoms with Gasteiger partial charge in [-0.2, -0.15) is 8.42 Å². The Hall–Kier alpha value is -4.47. The maximum absolute atomic E-state index is 14.8. The smallest absolute Gasteiger partial charge is 0.286 e. The SMILES string of the molecule is CC(C)(C)CCC1(NCc2cccc([N+](=O)[O-])c2)C(=O)C(C2=NS(=O)(=O)c3cc(NS(C)(=O)=O)ccc3N2)C(=O)c2ccccc21. The molecule has 3 aromatic carbocycles. The summed E-state index contributed by atoms with van der Waals surface area (Å²) in [4.78, 5) is 39.4. The molecule has 5 rings (SSSR count). The quantitative estimate of drug-likeness (QED) is 0.168. The summed E-state index contributed by atoms with van der Waals surface area (Å²) in [7, 11) is -8.19. The number of Topliss-reactive ketones (excluding diaryl/α,β-unsaturated/α-hetero) is 2. The van der Waals surface area contributed by atoms with Crippen LogP contribution in [0.2, 0.25) is 0 Å². The van der Waals surface area contributed by atoms with E-state index in [0.29, 0.717) is 17.5 Å². The lowest BCUT2D eigenvalue weighted by atomic mass is 9.66. The summed E-state index contributed by atoms with van der Waals surface area (Å²) in [6, 6.07) is 16.4. The lowest BCUT2D eigenvalue weighted by Crippen LogP contribution is -2.59. The van der Waals surface area contributed by atoms with Gasteiger partial charge in [0, 0.05) is 29.9 Å². The number of carbonyl (C=O) groups is 2. The van der Waals surface area contributed by atoms with E-state index in [4.69, 9.17) is 0 Å². The van der Waals surface area contributed by atoms with Crippen LogP contribution >= 0.6 is 0 Å². The Morgan fingerprint density at radius 3 is 2.43 bits per heavy atom. The Morgan fingerprint density at radius 1 is 1.04 bits per heavy atom. The minimum atomic E-state index is -4.48. The number of fused-ring (bicyclic) bond motifs is 2. The molecule has 0 spiro atoms. The Bertz CT molecular complexity index is 2020. The lowest BCUT2D eigenvalue weighted by molar-refractivity contribution is -0.384. The molecule has 0 aromatic heterocycles. The number of nitrogens with zero attached hydrogens (tertiary/aromatic N) is 2. The van der Waals surface area contributed by atoms with Crippen LogP contribution < -0.4 is 15.4 Å². The summed E-state index contributed by atoms with van der Waals surface area (Å²) in [6.07, 6.45) is 1.67. The fourth-order valence-electron chi connectivity index (χ4n) is 5.68. The predicted octanol–water partition coefficient (Wildman–Crippen LogP) is 4.37. The van der Waals surface area contributed by atoms with Gasteiger partial charge >= 0.3 is 0 Å². The van der Waals surface area contributed by atoms with Gasteiger partial charge in [-0.25, -0.2) is 8.42 Å². The van der Waals surface area contributed by atoms with Crippen LogP contribution in [-0.4, -0.2) is 45.4 Å². The van der Waals surface area contributed by atoms with E-state index in [2.05, 4.69) is 19.8 Å². The minimum absolute atomic E-state index is 0.00410. The van der Waals surface area contributed by atoms with Crippen molar-refractivity contribution < 1.29 is 31.3 Å². The van der Waals surface area contributed by atoms with E-state index >= 15 is 0 Å². The van der Waals surface area contributed by atoms with Crippen molar-refractivity contribution in [2.75, 3.05) is 16.3 Å². The molecule has 1 aliphatic heterocycles. The average molecular weight is 668 g/mol. The average Bonchev–Trinajstić information content (AvgIpc) is 2.96. The topological polar surface area (TPSA) is 194 Å². The first-order valence-electron chi connectivity index (χ1n) is 14.3. The molecule has 0 saturated carbocycles. The summed E-state index contributed by atoms with van der Waals surface area (Å²) < 4.78 is 56.4. The van der Waals surface area contributed by atoms with E-state index in [-0.39, 0.29) is 51.7 Å². The molecule has 2 atom stereocenters. The third kappa shape index (κ3) is 6.57. The molecule has 242 valence electrons. The zero-order valence-electron chi connectivity index (χ0n) is 25.5. The van der Waals surface area contributed by atoms with Crippen molar-refractivity contribution in [3.63, 3.8) is 0 Å². The van der Waals surface area contributed by atoms with Gasteiger partial charge in [0.25, 0.3) is 15.7 Å². The largest absolute Gasteiger partial charge is 0.341 e. The van der Waals surface area contributed by atoms with Crippen LogP contribution in [0.3, 0.4) is 0 Å². The third-order valence-electron chi connectivity index (χ3n) is 7.88. The molecule has 0 amide bonds. The maximum atomic E-state index is 14.8. The summed E-state index contributed by atoms with van der Waals surface area (Å²) in [5, 5.41) is 17.6. The fraction of sp³-hybridized carbons (Fsp3) is 0.323. The van der Waals surface area contributed by atoms with Crippen molar-refractivity contribution in [2.24, 2.45) is 15.7 Å². The molecule has 1 heterocycles. The summed E-state index contributed by atoms with van der Waals surface area (Å²) in [5.74, 6) is -3.27. The first kappa shape index (κ1) is 32.9. The number of nitro groups is 1. The van der Waals surface area contributed by atoms with Gasteiger partial charge in [0.2, 0.25) is 10.0 Å². The van der Waals surface area contributed by atoms with Crippen molar-refractivity contribution in [1.82, 2.24) is 5.32 Å². The number of nitrogens with one attached hydrogen (secondary N) is 3. The monoisotopic (exact) mass is 667 g/mol. The van der Waals surface area contributed by atoms with Crippen LogP contribution in [0.25, 0.3) is 0 Å². The third-order valence-corrected chi connectivity index (χ3v) is 9.82. The van der Waals surface area contributed by atoms with E-state index in [1.54, 1.807) is 36.4 Å². The highest BCUT2D eigenvalue weighted by Crippen LogP contribution is 2.43. The number of nitro benzene ring substituents is 1. The second kappa shape index (κ2) is 11.7. The molecule has 3 N–H and O–H groups in total. The Balaban J connectivity index is 1.62. The molecule has 0 bridgehead atoms. The molecule has 13 nitrogen and oxygen atoms in total. The summed E-state index contributed by atoms with van der Waals surface area (Å²) >= 11 is 0. The number of anilines is 2. The molecule has 3 aromatic rings. The van der Waals surface area contributed by atoms with Gasteiger partial charge in [-0.3, -0.25) is 29.7 Å².